The Balaban J connectivity index is 1.53. The van der Waals surface area contributed by atoms with Crippen LogP contribution >= 0.6 is 11.6 Å². The van der Waals surface area contributed by atoms with Crippen LogP contribution in [0.4, 0.5) is 4.79 Å². The van der Waals surface area contributed by atoms with Crippen molar-refractivity contribution in [1.82, 2.24) is 28.6 Å². The van der Waals surface area contributed by atoms with E-state index in [1.165, 1.54) is 10.3 Å². The van der Waals surface area contributed by atoms with Crippen molar-refractivity contribution in [1.29, 1.82) is 0 Å². The molecule has 1 fully saturated rings. The maximum atomic E-state index is 13.8. The molecule has 0 radical (unpaired) electrons. The van der Waals surface area contributed by atoms with E-state index in [0.29, 0.717) is 29.7 Å². The van der Waals surface area contributed by atoms with Crippen LogP contribution in [0, 0.1) is 6.92 Å². The van der Waals surface area contributed by atoms with Gasteiger partial charge < -0.3 is 9.64 Å². The topological polar surface area (TPSA) is 112 Å². The summed E-state index contributed by atoms with van der Waals surface area (Å²) < 4.78 is 36.2. The summed E-state index contributed by atoms with van der Waals surface area (Å²) in [6.45, 7) is 8.46. The van der Waals surface area contributed by atoms with Crippen LogP contribution in [0.1, 0.15) is 45.2 Å². The number of nitrogens with zero attached hydrogens (tertiary/aromatic N) is 6. The van der Waals surface area contributed by atoms with Gasteiger partial charge in [0.2, 0.25) is 0 Å². The number of hydrogen-bond acceptors (Lipinski definition) is 7. The van der Waals surface area contributed by atoms with Crippen molar-refractivity contribution in [2.75, 3.05) is 13.1 Å². The summed E-state index contributed by atoms with van der Waals surface area (Å²) in [4.78, 5) is 22.7. The molecule has 1 aromatic carbocycles. The van der Waals surface area contributed by atoms with Gasteiger partial charge in [-0.15, -0.1) is 0 Å². The normalized spacial score (nSPS) is 16.7. The molecule has 10 nitrogen and oxygen atoms in total. The molecule has 1 aliphatic rings. The molecule has 1 amide bonds. The van der Waals surface area contributed by atoms with Crippen LogP contribution in [-0.4, -0.2) is 61.8 Å². The molecule has 0 aliphatic carbocycles. The summed E-state index contributed by atoms with van der Waals surface area (Å²) in [5, 5.41) is 5.12. The van der Waals surface area contributed by atoms with Gasteiger partial charge in [0.1, 0.15) is 17.1 Å². The highest BCUT2D eigenvalue weighted by Crippen LogP contribution is 2.34. The van der Waals surface area contributed by atoms with Crippen LogP contribution in [0.5, 0.6) is 0 Å². The number of aryl methyl sites for hydroxylation is 1. The highest BCUT2D eigenvalue weighted by Gasteiger charge is 2.30. The Morgan fingerprint density at radius 2 is 1.89 bits per heavy atom. The van der Waals surface area contributed by atoms with Gasteiger partial charge in [0.15, 0.2) is 5.65 Å². The van der Waals surface area contributed by atoms with Crippen LogP contribution in [0.25, 0.3) is 22.3 Å². The van der Waals surface area contributed by atoms with E-state index >= 15 is 0 Å². The van der Waals surface area contributed by atoms with E-state index in [-0.39, 0.29) is 27.8 Å². The summed E-state index contributed by atoms with van der Waals surface area (Å²) in [6, 6.07) is 8.22. The Morgan fingerprint density at radius 1 is 1.16 bits per heavy atom. The quantitative estimate of drug-likeness (QED) is 0.323. The molecule has 38 heavy (non-hydrogen) atoms. The Morgan fingerprint density at radius 3 is 2.61 bits per heavy atom. The Kier molecular flexibility index (Phi) is 6.68. The fourth-order valence-corrected chi connectivity index (χ4v) is 6.22. The standard InChI is InChI=1S/C26H29ClN6O4S/c1-17-7-9-20(10-8-17)38(35,36)33-22(12-21-23(27)28-16-29-24(21)33)18-13-30-32(14-18)19-6-5-11-31(15-19)25(34)37-26(2,3)4/h7-10,12-14,16,19H,5-6,11,15H2,1-4H3. The van der Waals surface area contributed by atoms with Crippen molar-refractivity contribution in [2.45, 2.75) is 57.1 Å². The second kappa shape index (κ2) is 9.70. The zero-order valence-electron chi connectivity index (χ0n) is 21.6. The highest BCUT2D eigenvalue weighted by molar-refractivity contribution is 7.90. The van der Waals surface area contributed by atoms with Gasteiger partial charge in [-0.3, -0.25) is 4.68 Å². The lowest BCUT2D eigenvalue weighted by Crippen LogP contribution is -2.43. The first-order valence-corrected chi connectivity index (χ1v) is 14.1. The van der Waals surface area contributed by atoms with Crippen LogP contribution in [0.3, 0.4) is 0 Å². The molecule has 1 atom stereocenters. The van der Waals surface area contributed by atoms with Crippen molar-refractivity contribution in [3.05, 3.63) is 59.8 Å². The van der Waals surface area contributed by atoms with Gasteiger partial charge >= 0.3 is 6.09 Å². The third-order valence-electron chi connectivity index (χ3n) is 6.39. The number of likely N-dealkylation sites (tertiary alicyclic amines) is 1. The molecule has 12 heteroatoms. The number of rotatable bonds is 4. The number of halogens is 1. The minimum absolute atomic E-state index is 0.0834. The van der Waals surface area contributed by atoms with Gasteiger partial charge in [-0.2, -0.15) is 5.10 Å². The lowest BCUT2D eigenvalue weighted by molar-refractivity contribution is 0.0167. The molecule has 5 rings (SSSR count). The highest BCUT2D eigenvalue weighted by atomic mass is 35.5. The Labute approximate surface area is 226 Å². The molecular formula is C26H29ClN6O4S. The molecule has 4 heterocycles. The molecular weight excluding hydrogens is 528 g/mol. The monoisotopic (exact) mass is 556 g/mol. The van der Waals surface area contributed by atoms with Crippen LogP contribution in [0.2, 0.25) is 5.15 Å². The van der Waals surface area contributed by atoms with E-state index in [1.54, 1.807) is 52.3 Å². The molecule has 4 aromatic rings. The molecule has 1 aliphatic heterocycles. The van der Waals surface area contributed by atoms with E-state index in [2.05, 4.69) is 15.1 Å². The fourth-order valence-electron chi connectivity index (χ4n) is 4.55. The van der Waals surface area contributed by atoms with Gasteiger partial charge in [0.05, 0.1) is 28.2 Å². The number of piperidine rings is 1. The van der Waals surface area contributed by atoms with Gasteiger partial charge in [-0.1, -0.05) is 29.3 Å². The average Bonchev–Trinajstić information content (AvgIpc) is 3.50. The van der Waals surface area contributed by atoms with E-state index in [9.17, 15) is 13.2 Å². The lowest BCUT2D eigenvalue weighted by Gasteiger charge is -2.34. The number of carbonyl (C=O) groups is 1. The van der Waals surface area contributed by atoms with E-state index < -0.39 is 15.6 Å². The first-order chi connectivity index (χ1) is 17.9. The van der Waals surface area contributed by atoms with Crippen molar-refractivity contribution < 1.29 is 17.9 Å². The first-order valence-electron chi connectivity index (χ1n) is 12.3. The van der Waals surface area contributed by atoms with Crippen molar-refractivity contribution in [2.24, 2.45) is 0 Å². The zero-order valence-corrected chi connectivity index (χ0v) is 23.2. The van der Waals surface area contributed by atoms with Crippen molar-refractivity contribution in [3.8, 4) is 11.3 Å². The molecule has 0 bridgehead atoms. The first kappa shape index (κ1) is 26.2. The maximum Gasteiger partial charge on any atom is 0.410 e. The lowest BCUT2D eigenvalue weighted by atomic mass is 10.1. The smallest absolute Gasteiger partial charge is 0.410 e. The van der Waals surface area contributed by atoms with Gasteiger partial charge in [0.25, 0.3) is 10.0 Å². The zero-order chi connectivity index (χ0) is 27.2. The summed E-state index contributed by atoms with van der Waals surface area (Å²) >= 11 is 6.34. The van der Waals surface area contributed by atoms with E-state index in [1.807, 2.05) is 27.7 Å². The largest absolute Gasteiger partial charge is 0.444 e. The van der Waals surface area contributed by atoms with Gasteiger partial charge in [-0.25, -0.2) is 27.2 Å². The average molecular weight is 557 g/mol. The van der Waals surface area contributed by atoms with E-state index in [4.69, 9.17) is 16.3 Å². The number of aromatic nitrogens is 5. The third-order valence-corrected chi connectivity index (χ3v) is 8.40. The van der Waals surface area contributed by atoms with Gasteiger partial charge in [-0.05, 0) is 58.7 Å². The summed E-state index contributed by atoms with van der Waals surface area (Å²) in [7, 11) is -4.03. The number of carbonyl (C=O) groups excluding carboxylic acids is 1. The molecule has 1 unspecified atom stereocenters. The van der Waals surface area contributed by atoms with Gasteiger partial charge in [0, 0.05) is 24.8 Å². The number of ether oxygens (including phenoxy) is 1. The maximum absolute atomic E-state index is 13.8. The summed E-state index contributed by atoms with van der Waals surface area (Å²) in [6.07, 6.45) is 5.91. The van der Waals surface area contributed by atoms with Crippen LogP contribution < -0.4 is 0 Å². The molecule has 0 N–H and O–H groups in total. The molecule has 3 aromatic heterocycles. The molecule has 200 valence electrons. The SMILES string of the molecule is Cc1ccc(S(=O)(=O)n2c(-c3cnn(C4CCCN(C(=O)OC(C)(C)C)C4)c3)cc3c(Cl)ncnc32)cc1. The number of amides is 1. The minimum atomic E-state index is -4.03. The fraction of sp³-hybridized carbons (Fsp3) is 0.385. The Hall–Kier alpha value is -3.44. The molecule has 1 saturated heterocycles. The van der Waals surface area contributed by atoms with E-state index in [0.717, 1.165) is 18.4 Å². The predicted molar refractivity (Wildman–Crippen MR) is 144 cm³/mol. The molecule has 0 saturated carbocycles. The molecule has 0 spiro atoms. The predicted octanol–water partition coefficient (Wildman–Crippen LogP) is 5.07. The Bertz CT molecular complexity index is 1600. The summed E-state index contributed by atoms with van der Waals surface area (Å²) in [5.74, 6) is 0. The van der Waals surface area contributed by atoms with Crippen LogP contribution in [-0.2, 0) is 14.8 Å². The van der Waals surface area contributed by atoms with Crippen molar-refractivity contribution in [3.63, 3.8) is 0 Å². The number of fused-ring (bicyclic) bond motifs is 1. The third kappa shape index (κ3) is 5.00. The second-order valence-electron chi connectivity index (χ2n) is 10.4. The number of hydrogen-bond donors (Lipinski definition) is 0. The second-order valence-corrected chi connectivity index (χ2v) is 12.6. The summed E-state index contributed by atoms with van der Waals surface area (Å²) in [5.41, 5.74) is 1.49. The van der Waals surface area contributed by atoms with Crippen LogP contribution in [0.15, 0.2) is 53.9 Å². The van der Waals surface area contributed by atoms with Crippen molar-refractivity contribution >= 4 is 38.8 Å². The minimum Gasteiger partial charge on any atom is -0.444 e. The number of benzene rings is 1.